The summed E-state index contributed by atoms with van der Waals surface area (Å²) in [5.41, 5.74) is 21.5. The van der Waals surface area contributed by atoms with Crippen LogP contribution >= 0.6 is 0 Å². The van der Waals surface area contributed by atoms with Gasteiger partial charge in [0.2, 0.25) is 0 Å². The maximum absolute atomic E-state index is 6.19. The lowest BCUT2D eigenvalue weighted by atomic mass is 9.84. The van der Waals surface area contributed by atoms with E-state index in [9.17, 15) is 0 Å². The molecular weight excluding hydrogens is 865 g/mol. The van der Waals surface area contributed by atoms with Crippen LogP contribution in [0.2, 0.25) is 0 Å². The van der Waals surface area contributed by atoms with E-state index >= 15 is 0 Å². The summed E-state index contributed by atoms with van der Waals surface area (Å²) in [5.74, 6) is 0. The Morgan fingerprint density at radius 1 is 0.535 bits per heavy atom. The molecule has 1 aliphatic rings. The minimum absolute atomic E-state index is 0.852. The monoisotopic (exact) mass is 914 g/mol. The third kappa shape index (κ3) is 7.14. The van der Waals surface area contributed by atoms with Crippen LogP contribution in [0.3, 0.4) is 0 Å². The summed E-state index contributed by atoms with van der Waals surface area (Å²) in [6, 6.07) is 65.8. The fraction of sp³-hybridized carbons (Fsp3) is 0.0448. The van der Waals surface area contributed by atoms with Gasteiger partial charge in [0.25, 0.3) is 0 Å². The van der Waals surface area contributed by atoms with Gasteiger partial charge in [0.05, 0.1) is 16.9 Å². The van der Waals surface area contributed by atoms with Crippen molar-refractivity contribution in [2.75, 3.05) is 4.90 Å². The molecule has 8 aromatic carbocycles. The number of fused-ring (bicyclic) bond motifs is 11. The van der Waals surface area contributed by atoms with E-state index in [1.165, 1.54) is 10.9 Å². The van der Waals surface area contributed by atoms with Gasteiger partial charge in [-0.1, -0.05) is 159 Å². The number of allylic oxidation sites excluding steroid dienone is 6. The maximum atomic E-state index is 6.19. The molecule has 0 unspecified atom stereocenters. The Morgan fingerprint density at radius 2 is 1.13 bits per heavy atom. The number of para-hydroxylation sites is 2. The van der Waals surface area contributed by atoms with Gasteiger partial charge < -0.3 is 18.3 Å². The predicted molar refractivity (Wildman–Crippen MR) is 301 cm³/mol. The molecule has 0 N–H and O–H groups in total. The average Bonchev–Trinajstić information content (AvgIpc) is 4.09. The van der Waals surface area contributed by atoms with Gasteiger partial charge in [-0.05, 0) is 139 Å². The van der Waals surface area contributed by atoms with Crippen molar-refractivity contribution in [3.63, 3.8) is 0 Å². The summed E-state index contributed by atoms with van der Waals surface area (Å²) in [4.78, 5) is 2.41. The second-order valence-corrected chi connectivity index (χ2v) is 18.0. The van der Waals surface area contributed by atoms with Crippen LogP contribution in [0.1, 0.15) is 31.9 Å². The van der Waals surface area contributed by atoms with E-state index in [1.807, 2.05) is 43.4 Å². The van der Waals surface area contributed by atoms with Crippen LogP contribution in [-0.2, 0) is 0 Å². The number of hydrogen-bond donors (Lipinski definition) is 0. The first-order valence-electron chi connectivity index (χ1n) is 24.2. The molecule has 3 aromatic heterocycles. The quantitative estimate of drug-likeness (QED) is 0.135. The highest BCUT2D eigenvalue weighted by atomic mass is 16.3. The molecule has 0 bridgehead atoms. The van der Waals surface area contributed by atoms with Crippen molar-refractivity contribution in [2.24, 2.45) is 0 Å². The van der Waals surface area contributed by atoms with Crippen LogP contribution in [0.5, 0.6) is 0 Å². The predicted octanol–water partition coefficient (Wildman–Crippen LogP) is 17.1. The summed E-state index contributed by atoms with van der Waals surface area (Å²) >= 11 is 0. The molecule has 0 radical (unpaired) electrons. The number of nitrogens with zero attached hydrogens (tertiary/aromatic N) is 2. The van der Waals surface area contributed by atoms with E-state index in [0.29, 0.717) is 0 Å². The summed E-state index contributed by atoms with van der Waals surface area (Å²) in [5, 5.41) is 5.53. The molecule has 4 heteroatoms. The zero-order valence-electron chi connectivity index (χ0n) is 40.0. The van der Waals surface area contributed by atoms with Crippen molar-refractivity contribution in [3.8, 4) is 50.3 Å². The zero-order valence-corrected chi connectivity index (χ0v) is 40.0. The Morgan fingerprint density at radius 3 is 1.83 bits per heavy atom. The van der Waals surface area contributed by atoms with E-state index in [4.69, 9.17) is 8.83 Å². The SMILES string of the molecule is C=C/C=c1\c(=C/C)oc2ccc(-c3ccc(-n4c5c(c6ccccc64)-c4ccccc4/C(N(C(/C=C\C)=C/C=C)c4ccc(-c6ccc7oc8ccccc8c7c6)cc4)=C(/C)c4ccccc4-5)cc3)cc12. The highest BCUT2D eigenvalue weighted by molar-refractivity contribution is 6.14. The Labute approximate surface area is 413 Å². The molecule has 3 heterocycles. The highest BCUT2D eigenvalue weighted by Gasteiger charge is 2.31. The molecule has 71 heavy (non-hydrogen) atoms. The molecule has 11 aromatic rings. The summed E-state index contributed by atoms with van der Waals surface area (Å²) < 4.78 is 14.8. The number of hydrogen-bond acceptors (Lipinski definition) is 3. The van der Waals surface area contributed by atoms with Crippen LogP contribution in [0.4, 0.5) is 5.69 Å². The van der Waals surface area contributed by atoms with Crippen molar-refractivity contribution >= 4 is 72.9 Å². The highest BCUT2D eigenvalue weighted by Crippen LogP contribution is 2.51. The van der Waals surface area contributed by atoms with Crippen LogP contribution < -0.4 is 15.5 Å². The molecule has 1 aliphatic carbocycles. The average molecular weight is 915 g/mol. The third-order valence-corrected chi connectivity index (χ3v) is 14.0. The molecule has 12 rings (SSSR count). The van der Waals surface area contributed by atoms with Crippen LogP contribution in [0.15, 0.2) is 240 Å². The fourth-order valence-corrected chi connectivity index (χ4v) is 10.8. The van der Waals surface area contributed by atoms with E-state index in [0.717, 1.165) is 128 Å². The number of furan rings is 2. The first-order valence-corrected chi connectivity index (χ1v) is 24.2. The van der Waals surface area contributed by atoms with Gasteiger partial charge in [-0.3, -0.25) is 0 Å². The van der Waals surface area contributed by atoms with Crippen LogP contribution in [-0.4, -0.2) is 4.57 Å². The van der Waals surface area contributed by atoms with Gasteiger partial charge >= 0.3 is 0 Å². The third-order valence-electron chi connectivity index (χ3n) is 14.0. The smallest absolute Gasteiger partial charge is 0.135 e. The molecular formula is C67H50N2O2. The normalized spacial score (nSPS) is 14.3. The van der Waals surface area contributed by atoms with Crippen molar-refractivity contribution < 1.29 is 8.83 Å². The van der Waals surface area contributed by atoms with Gasteiger partial charge in [0.15, 0.2) is 0 Å². The molecule has 340 valence electrons. The van der Waals surface area contributed by atoms with Crippen molar-refractivity contribution in [3.05, 3.63) is 253 Å². The minimum Gasteiger partial charge on any atom is -0.456 e. The Bertz CT molecular complexity index is 4170. The van der Waals surface area contributed by atoms with Crippen molar-refractivity contribution in [2.45, 2.75) is 20.8 Å². The minimum atomic E-state index is 0.852. The van der Waals surface area contributed by atoms with E-state index < -0.39 is 0 Å². The second kappa shape index (κ2) is 17.8. The van der Waals surface area contributed by atoms with Gasteiger partial charge in [-0.25, -0.2) is 0 Å². The van der Waals surface area contributed by atoms with Gasteiger partial charge in [-0.15, -0.1) is 0 Å². The Hall–Kier alpha value is -9.12. The van der Waals surface area contributed by atoms with Gasteiger partial charge in [0.1, 0.15) is 22.2 Å². The van der Waals surface area contributed by atoms with Gasteiger partial charge in [-0.2, -0.15) is 0 Å². The second-order valence-electron chi connectivity index (χ2n) is 18.0. The number of rotatable bonds is 9. The van der Waals surface area contributed by atoms with Gasteiger partial charge in [0, 0.05) is 60.5 Å². The number of anilines is 1. The fourth-order valence-electron chi connectivity index (χ4n) is 10.8. The summed E-state index contributed by atoms with van der Waals surface area (Å²) in [6.07, 6.45) is 14.1. The molecule has 4 nitrogen and oxygen atoms in total. The number of aromatic nitrogens is 1. The molecule has 0 saturated carbocycles. The molecule has 0 aliphatic heterocycles. The Kier molecular flexibility index (Phi) is 10.8. The lowest BCUT2D eigenvalue weighted by Gasteiger charge is -2.34. The first kappa shape index (κ1) is 43.2. The topological polar surface area (TPSA) is 34.5 Å². The molecule has 0 saturated heterocycles. The summed E-state index contributed by atoms with van der Waals surface area (Å²) in [7, 11) is 0. The van der Waals surface area contributed by atoms with E-state index in [2.05, 4.69) is 225 Å². The Balaban J connectivity index is 1.04. The molecule has 0 atom stereocenters. The lowest BCUT2D eigenvalue weighted by Crippen LogP contribution is -2.22. The van der Waals surface area contributed by atoms with E-state index in [1.54, 1.807) is 0 Å². The van der Waals surface area contributed by atoms with Crippen molar-refractivity contribution in [1.82, 2.24) is 4.57 Å². The lowest BCUT2D eigenvalue weighted by molar-refractivity contribution is 0.575. The van der Waals surface area contributed by atoms with Crippen molar-refractivity contribution in [1.29, 1.82) is 0 Å². The van der Waals surface area contributed by atoms with Crippen LogP contribution in [0.25, 0.3) is 118 Å². The maximum Gasteiger partial charge on any atom is 0.135 e. The standard InChI is InChI=1S/C67H50N2O2/c1-6-18-48(19-7-2)68(49-35-29-44(30-36-49)47-34-40-64-59(42-47)53-22-15-17-28-62(53)71-64)66-43(5)51-21-10-12-24-55(51)67-65(54-23-11-13-25-56(54)66)57-26-14-16-27-60(57)69(67)50-37-31-45(32-38-50)46-33-39-63-58(41-46)52(20-8-3)61(9-4)70-63/h6-42H,1,3H2,2,4-5H3/b19-7-,48-18+,51-43?,52-20-,61-9+,65-54?,66-43+,66-56?,67-55?. The summed E-state index contributed by atoms with van der Waals surface area (Å²) in [6.45, 7) is 14.5. The van der Waals surface area contributed by atoms with Crippen LogP contribution in [0, 0.1) is 0 Å². The van der Waals surface area contributed by atoms with E-state index in [-0.39, 0.29) is 0 Å². The largest absolute Gasteiger partial charge is 0.456 e. The zero-order chi connectivity index (χ0) is 48.2. The molecule has 0 fully saturated rings. The first-order chi connectivity index (χ1) is 35.0. The number of benzene rings is 8. The molecule has 0 spiro atoms. The molecule has 0 amide bonds.